The molecule has 2 saturated heterocycles. The average Bonchev–Trinajstić information content (AvgIpc) is 2.97. The molecular formula is C16H27N5O2S. The smallest absolute Gasteiger partial charge is 0.191 e. The lowest BCUT2D eigenvalue weighted by Crippen LogP contribution is -2.48. The molecule has 2 aliphatic rings. The number of nitrogens with two attached hydrogens (primary N) is 1. The first-order valence-corrected chi connectivity index (χ1v) is 9.68. The minimum Gasteiger partial charge on any atom is -0.390 e. The van der Waals surface area contributed by atoms with Gasteiger partial charge in [0.05, 0.1) is 25.4 Å². The van der Waals surface area contributed by atoms with Crippen molar-refractivity contribution in [3.05, 3.63) is 6.07 Å². The molecule has 0 bridgehead atoms. The van der Waals surface area contributed by atoms with E-state index in [1.165, 1.54) is 0 Å². The van der Waals surface area contributed by atoms with Gasteiger partial charge in [-0.25, -0.2) is 9.97 Å². The number of hydrogen-bond acceptors (Lipinski definition) is 8. The Kier molecular flexibility index (Phi) is 6.15. The summed E-state index contributed by atoms with van der Waals surface area (Å²) in [6, 6.07) is 1.93. The first kappa shape index (κ1) is 17.7. The van der Waals surface area contributed by atoms with Crippen molar-refractivity contribution in [1.29, 1.82) is 0 Å². The van der Waals surface area contributed by atoms with Crippen LogP contribution in [0.3, 0.4) is 0 Å². The Morgan fingerprint density at radius 1 is 1.33 bits per heavy atom. The third-order valence-corrected chi connectivity index (χ3v) is 5.47. The number of nitrogens with zero attached hydrogens (tertiary/aromatic N) is 4. The molecule has 1 aromatic rings. The van der Waals surface area contributed by atoms with Gasteiger partial charge in [-0.15, -0.1) is 0 Å². The second kappa shape index (κ2) is 8.33. The molecule has 0 saturated carbocycles. The van der Waals surface area contributed by atoms with E-state index in [0.717, 1.165) is 62.4 Å². The summed E-state index contributed by atoms with van der Waals surface area (Å²) in [5, 5.41) is 11.2. The molecule has 2 aliphatic heterocycles. The molecule has 134 valence electrons. The predicted octanol–water partition coefficient (Wildman–Crippen LogP) is 0.833. The van der Waals surface area contributed by atoms with Crippen LogP contribution in [0.2, 0.25) is 0 Å². The lowest BCUT2D eigenvalue weighted by atomic mass is 10.2. The van der Waals surface area contributed by atoms with Crippen LogP contribution in [0.5, 0.6) is 0 Å². The van der Waals surface area contributed by atoms with Crippen LogP contribution in [0.15, 0.2) is 11.2 Å². The van der Waals surface area contributed by atoms with Crippen molar-refractivity contribution in [3.63, 3.8) is 0 Å². The summed E-state index contributed by atoms with van der Waals surface area (Å²) >= 11 is 1.64. The molecule has 24 heavy (non-hydrogen) atoms. The molecule has 0 spiro atoms. The Bertz CT molecular complexity index is 541. The van der Waals surface area contributed by atoms with Crippen LogP contribution in [-0.4, -0.2) is 77.3 Å². The van der Waals surface area contributed by atoms with Crippen molar-refractivity contribution in [2.75, 3.05) is 55.8 Å². The summed E-state index contributed by atoms with van der Waals surface area (Å²) < 4.78 is 5.41. The monoisotopic (exact) mass is 353 g/mol. The summed E-state index contributed by atoms with van der Waals surface area (Å²) in [6.07, 6.45) is 1.91. The molecule has 7 nitrogen and oxygen atoms in total. The zero-order valence-corrected chi connectivity index (χ0v) is 15.0. The summed E-state index contributed by atoms with van der Waals surface area (Å²) in [5.41, 5.74) is 5.96. The number of unbranched alkanes of at least 4 members (excludes halogenated alkanes) is 1. The highest BCUT2D eigenvalue weighted by Gasteiger charge is 2.36. The number of aliphatic hydroxyl groups excluding tert-OH is 1. The molecule has 3 rings (SSSR count). The zero-order chi connectivity index (χ0) is 16.9. The molecule has 3 heterocycles. The van der Waals surface area contributed by atoms with Crippen LogP contribution in [0.25, 0.3) is 0 Å². The SMILES string of the molecule is CCCCSc1nc(N)cc(N2C[C@H](O)[C@@H](N3CCOCC3)C2)n1. The van der Waals surface area contributed by atoms with Gasteiger partial charge < -0.3 is 20.5 Å². The van der Waals surface area contributed by atoms with Crippen LogP contribution < -0.4 is 10.6 Å². The first-order valence-electron chi connectivity index (χ1n) is 8.69. The van der Waals surface area contributed by atoms with Gasteiger partial charge in [-0.3, -0.25) is 4.90 Å². The van der Waals surface area contributed by atoms with Gasteiger partial charge in [0.2, 0.25) is 0 Å². The number of aromatic nitrogens is 2. The Morgan fingerprint density at radius 2 is 2.12 bits per heavy atom. The number of thioether (sulfide) groups is 1. The topological polar surface area (TPSA) is 87.7 Å². The van der Waals surface area contributed by atoms with Crippen LogP contribution in [0, 0.1) is 0 Å². The van der Waals surface area contributed by atoms with Crippen molar-refractivity contribution in [3.8, 4) is 0 Å². The first-order chi connectivity index (χ1) is 11.7. The van der Waals surface area contributed by atoms with E-state index in [9.17, 15) is 5.11 Å². The summed E-state index contributed by atoms with van der Waals surface area (Å²) in [4.78, 5) is 13.4. The quantitative estimate of drug-likeness (QED) is 0.442. The number of β-amino-alcohol motifs (C(OH)–C–C–N with tert-alkyl or cyclic N) is 1. The Hall–Kier alpha value is -1.09. The lowest BCUT2D eigenvalue weighted by Gasteiger charge is -2.33. The highest BCUT2D eigenvalue weighted by molar-refractivity contribution is 7.99. The second-order valence-corrected chi connectivity index (χ2v) is 7.39. The number of ether oxygens (including phenoxy) is 1. The minimum atomic E-state index is -0.379. The van der Waals surface area contributed by atoms with Crippen molar-refractivity contribution < 1.29 is 9.84 Å². The largest absolute Gasteiger partial charge is 0.390 e. The van der Waals surface area contributed by atoms with Gasteiger partial charge in [0.1, 0.15) is 11.6 Å². The van der Waals surface area contributed by atoms with Gasteiger partial charge in [-0.2, -0.15) is 0 Å². The average molecular weight is 353 g/mol. The number of rotatable bonds is 6. The number of aliphatic hydroxyl groups is 1. The van der Waals surface area contributed by atoms with Gasteiger partial charge in [0, 0.05) is 38.0 Å². The van der Waals surface area contributed by atoms with E-state index in [0.29, 0.717) is 12.4 Å². The summed E-state index contributed by atoms with van der Waals surface area (Å²) in [7, 11) is 0. The summed E-state index contributed by atoms with van der Waals surface area (Å²) in [5.74, 6) is 2.30. The molecule has 2 atom stereocenters. The van der Waals surface area contributed by atoms with Crippen molar-refractivity contribution >= 4 is 23.4 Å². The van der Waals surface area contributed by atoms with E-state index < -0.39 is 0 Å². The number of hydrogen-bond donors (Lipinski definition) is 2. The third kappa shape index (κ3) is 4.30. The fraction of sp³-hybridized carbons (Fsp3) is 0.750. The van der Waals surface area contributed by atoms with Gasteiger partial charge in [-0.05, 0) is 6.42 Å². The van der Waals surface area contributed by atoms with Gasteiger partial charge in [0.25, 0.3) is 0 Å². The van der Waals surface area contributed by atoms with E-state index in [4.69, 9.17) is 10.5 Å². The number of morpholine rings is 1. The number of anilines is 2. The maximum Gasteiger partial charge on any atom is 0.191 e. The van der Waals surface area contributed by atoms with Gasteiger partial charge >= 0.3 is 0 Å². The third-order valence-electron chi connectivity index (χ3n) is 4.54. The van der Waals surface area contributed by atoms with Gasteiger partial charge in [0.15, 0.2) is 5.16 Å². The van der Waals surface area contributed by atoms with E-state index in [1.54, 1.807) is 17.8 Å². The van der Waals surface area contributed by atoms with Crippen LogP contribution >= 0.6 is 11.8 Å². The van der Waals surface area contributed by atoms with Crippen LogP contribution in [0.4, 0.5) is 11.6 Å². The molecule has 0 amide bonds. The van der Waals surface area contributed by atoms with E-state index in [1.807, 2.05) is 0 Å². The molecule has 0 radical (unpaired) electrons. The van der Waals surface area contributed by atoms with Gasteiger partial charge in [-0.1, -0.05) is 25.1 Å². The Balaban J connectivity index is 1.67. The molecule has 0 aliphatic carbocycles. The second-order valence-electron chi connectivity index (χ2n) is 6.32. The fourth-order valence-corrected chi connectivity index (χ4v) is 4.13. The summed E-state index contributed by atoms with van der Waals surface area (Å²) in [6.45, 7) is 6.74. The van der Waals surface area contributed by atoms with Crippen LogP contribution in [-0.2, 0) is 4.74 Å². The standard InChI is InChI=1S/C16H27N5O2S/c1-2-3-8-24-16-18-14(17)9-15(19-16)21-10-12(13(22)11-21)20-4-6-23-7-5-20/h9,12-13,22H,2-8,10-11H2,1H3,(H2,17,18,19)/t12-,13-/m0/s1. The van der Waals surface area contributed by atoms with Crippen molar-refractivity contribution in [2.24, 2.45) is 0 Å². The van der Waals surface area contributed by atoms with Crippen molar-refractivity contribution in [2.45, 2.75) is 37.1 Å². The molecule has 8 heteroatoms. The normalized spacial score (nSPS) is 25.3. The van der Waals surface area contributed by atoms with Crippen molar-refractivity contribution in [1.82, 2.24) is 14.9 Å². The van der Waals surface area contributed by atoms with Crippen LogP contribution in [0.1, 0.15) is 19.8 Å². The molecule has 3 N–H and O–H groups in total. The molecule has 1 aromatic heterocycles. The maximum atomic E-state index is 10.5. The molecule has 2 fully saturated rings. The van der Waals surface area contributed by atoms with E-state index in [2.05, 4.69) is 26.7 Å². The van der Waals surface area contributed by atoms with E-state index >= 15 is 0 Å². The molecular weight excluding hydrogens is 326 g/mol. The highest BCUT2D eigenvalue weighted by Crippen LogP contribution is 2.26. The predicted molar refractivity (Wildman–Crippen MR) is 96.5 cm³/mol. The highest BCUT2D eigenvalue weighted by atomic mass is 32.2. The minimum absolute atomic E-state index is 0.126. The number of nitrogen functional groups attached to an aromatic ring is 1. The fourth-order valence-electron chi connectivity index (χ4n) is 3.19. The lowest BCUT2D eigenvalue weighted by molar-refractivity contribution is -0.00588. The zero-order valence-electron chi connectivity index (χ0n) is 14.2. The Morgan fingerprint density at radius 3 is 2.88 bits per heavy atom. The van der Waals surface area contributed by atoms with E-state index in [-0.39, 0.29) is 12.1 Å². The Labute approximate surface area is 147 Å². The molecule has 0 unspecified atom stereocenters. The molecule has 0 aromatic carbocycles. The maximum absolute atomic E-state index is 10.5.